The Kier molecular flexibility index (Phi) is 4.95. The van der Waals surface area contributed by atoms with Gasteiger partial charge in [-0.25, -0.2) is 4.79 Å². The molecule has 7 heteroatoms. The Morgan fingerprint density at radius 2 is 1.91 bits per heavy atom. The van der Waals surface area contributed by atoms with E-state index >= 15 is 0 Å². The van der Waals surface area contributed by atoms with E-state index in [1.165, 1.54) is 12.1 Å². The number of aliphatic hydroxyl groups is 1. The molecule has 1 fully saturated rings. The molecule has 22 heavy (non-hydrogen) atoms. The lowest BCUT2D eigenvalue weighted by Gasteiger charge is -2.22. The second kappa shape index (κ2) is 6.56. The zero-order valence-corrected chi connectivity index (χ0v) is 12.0. The Bertz CT molecular complexity index is 526. The van der Waals surface area contributed by atoms with Gasteiger partial charge in [0.1, 0.15) is 0 Å². The first kappa shape index (κ1) is 16.6. The number of nitrogens with one attached hydrogen (secondary N) is 2. The number of urea groups is 1. The Hall–Kier alpha value is -1.76. The second-order valence-electron chi connectivity index (χ2n) is 5.67. The molecule has 0 aromatic heterocycles. The summed E-state index contributed by atoms with van der Waals surface area (Å²) in [5, 5.41) is 15.1. The molecule has 0 saturated heterocycles. The summed E-state index contributed by atoms with van der Waals surface area (Å²) < 4.78 is 37.7. The quantitative estimate of drug-likeness (QED) is 0.800. The molecule has 1 aromatic rings. The highest BCUT2D eigenvalue weighted by molar-refractivity contribution is 5.73. The highest BCUT2D eigenvalue weighted by Crippen LogP contribution is 2.29. The molecule has 0 unspecified atom stereocenters. The maximum absolute atomic E-state index is 12.6. The van der Waals surface area contributed by atoms with Gasteiger partial charge in [-0.2, -0.15) is 13.2 Å². The van der Waals surface area contributed by atoms with Crippen LogP contribution in [0.2, 0.25) is 0 Å². The van der Waals surface area contributed by atoms with Crippen LogP contribution in [0.3, 0.4) is 0 Å². The van der Waals surface area contributed by atoms with Crippen molar-refractivity contribution in [1.82, 2.24) is 10.6 Å². The number of carbonyl (C=O) groups is 1. The number of hydrogen-bond acceptors (Lipinski definition) is 2. The first-order valence-electron chi connectivity index (χ1n) is 7.19. The molecule has 122 valence electrons. The molecule has 2 amide bonds. The van der Waals surface area contributed by atoms with Crippen LogP contribution >= 0.6 is 0 Å². The molecule has 0 aliphatic heterocycles. The zero-order valence-electron chi connectivity index (χ0n) is 12.0. The van der Waals surface area contributed by atoms with Crippen LogP contribution < -0.4 is 10.6 Å². The minimum atomic E-state index is -4.40. The first-order valence-corrected chi connectivity index (χ1v) is 7.19. The van der Waals surface area contributed by atoms with Gasteiger partial charge >= 0.3 is 12.2 Å². The molecule has 0 bridgehead atoms. The highest BCUT2D eigenvalue weighted by atomic mass is 19.4. The van der Waals surface area contributed by atoms with Crippen LogP contribution in [-0.2, 0) is 12.7 Å². The van der Waals surface area contributed by atoms with Gasteiger partial charge in [-0.3, -0.25) is 0 Å². The third kappa shape index (κ3) is 4.62. The average molecular weight is 316 g/mol. The molecule has 1 aromatic carbocycles. The summed E-state index contributed by atoms with van der Waals surface area (Å²) in [5.74, 6) is 0. The van der Waals surface area contributed by atoms with Crippen LogP contribution in [0.15, 0.2) is 24.3 Å². The summed E-state index contributed by atoms with van der Waals surface area (Å²) in [5.41, 5.74) is -1.23. The number of rotatable bonds is 4. The fourth-order valence-electron chi connectivity index (χ4n) is 2.56. The lowest BCUT2D eigenvalue weighted by atomic mass is 10.0. The monoisotopic (exact) mass is 316 g/mol. The van der Waals surface area contributed by atoms with E-state index in [0.29, 0.717) is 18.4 Å². The number of carbonyl (C=O) groups excluding carboxylic acids is 1. The summed E-state index contributed by atoms with van der Waals surface area (Å²) >= 11 is 0. The standard InChI is InChI=1S/C15H19F3N2O2/c16-15(17,18)12-5-3-4-11(8-12)9-19-13(21)20-10-14(22)6-1-2-7-14/h3-5,8,22H,1-2,6-7,9-10H2,(H2,19,20,21). The van der Waals surface area contributed by atoms with E-state index in [9.17, 15) is 23.1 Å². The molecule has 1 aliphatic carbocycles. The summed E-state index contributed by atoms with van der Waals surface area (Å²) in [6.45, 7) is 0.148. The topological polar surface area (TPSA) is 61.4 Å². The Balaban J connectivity index is 1.81. The lowest BCUT2D eigenvalue weighted by molar-refractivity contribution is -0.137. The van der Waals surface area contributed by atoms with E-state index in [-0.39, 0.29) is 13.1 Å². The molecule has 0 heterocycles. The van der Waals surface area contributed by atoms with Crippen LogP contribution in [0.4, 0.5) is 18.0 Å². The van der Waals surface area contributed by atoms with Crippen LogP contribution in [0, 0.1) is 0 Å². The van der Waals surface area contributed by atoms with Gasteiger partial charge in [0.15, 0.2) is 0 Å². The van der Waals surface area contributed by atoms with E-state index in [1.807, 2.05) is 0 Å². The molecule has 3 N–H and O–H groups in total. The summed E-state index contributed by atoms with van der Waals surface area (Å²) in [4.78, 5) is 11.6. The van der Waals surface area contributed by atoms with E-state index in [0.717, 1.165) is 25.0 Å². The normalized spacial score (nSPS) is 17.3. The molecule has 0 radical (unpaired) electrons. The summed E-state index contributed by atoms with van der Waals surface area (Å²) in [6.07, 6.45) is -1.22. The number of halogens is 3. The smallest absolute Gasteiger partial charge is 0.388 e. The van der Waals surface area contributed by atoms with Crippen LogP contribution in [0.1, 0.15) is 36.8 Å². The molecule has 2 rings (SSSR count). The molecule has 4 nitrogen and oxygen atoms in total. The molecule has 1 aliphatic rings. The maximum atomic E-state index is 12.6. The highest BCUT2D eigenvalue weighted by Gasteiger charge is 2.31. The van der Waals surface area contributed by atoms with Gasteiger partial charge in [0.05, 0.1) is 11.2 Å². The Labute approximate surface area is 126 Å². The molecular formula is C15H19F3N2O2. The van der Waals surface area contributed by atoms with Gasteiger partial charge in [-0.05, 0) is 30.5 Å². The van der Waals surface area contributed by atoms with Crippen molar-refractivity contribution in [2.75, 3.05) is 6.54 Å². The van der Waals surface area contributed by atoms with Gasteiger partial charge in [-0.15, -0.1) is 0 Å². The SMILES string of the molecule is O=C(NCc1cccc(C(F)(F)F)c1)NCC1(O)CCCC1. The molecule has 0 atom stereocenters. The van der Waals surface area contributed by atoms with Crippen molar-refractivity contribution in [3.8, 4) is 0 Å². The van der Waals surface area contributed by atoms with Gasteiger partial charge in [0.2, 0.25) is 0 Å². The number of alkyl halides is 3. The minimum Gasteiger partial charge on any atom is -0.388 e. The number of hydrogen-bond donors (Lipinski definition) is 3. The summed E-state index contributed by atoms with van der Waals surface area (Å²) in [6, 6.07) is 4.31. The van der Waals surface area contributed by atoms with Crippen LogP contribution in [0.25, 0.3) is 0 Å². The van der Waals surface area contributed by atoms with Crippen molar-refractivity contribution in [1.29, 1.82) is 0 Å². The largest absolute Gasteiger partial charge is 0.416 e. The van der Waals surface area contributed by atoms with Gasteiger partial charge in [-0.1, -0.05) is 25.0 Å². The van der Waals surface area contributed by atoms with E-state index in [2.05, 4.69) is 10.6 Å². The van der Waals surface area contributed by atoms with Gasteiger partial charge in [0.25, 0.3) is 0 Å². The average Bonchev–Trinajstić information content (AvgIpc) is 2.90. The van der Waals surface area contributed by atoms with Crippen molar-refractivity contribution in [3.63, 3.8) is 0 Å². The lowest BCUT2D eigenvalue weighted by Crippen LogP contribution is -2.44. The molecule has 1 saturated carbocycles. The molecular weight excluding hydrogens is 297 g/mol. The van der Waals surface area contributed by atoms with Crippen molar-refractivity contribution >= 4 is 6.03 Å². The van der Waals surface area contributed by atoms with E-state index in [4.69, 9.17) is 0 Å². The van der Waals surface area contributed by atoms with Gasteiger partial charge < -0.3 is 15.7 Å². The maximum Gasteiger partial charge on any atom is 0.416 e. The third-order valence-electron chi connectivity index (χ3n) is 3.82. The van der Waals surface area contributed by atoms with Crippen molar-refractivity contribution in [3.05, 3.63) is 35.4 Å². The van der Waals surface area contributed by atoms with Crippen LogP contribution in [-0.4, -0.2) is 23.3 Å². The zero-order chi connectivity index (χ0) is 16.2. The van der Waals surface area contributed by atoms with Crippen molar-refractivity contribution in [2.45, 2.75) is 44.0 Å². The third-order valence-corrected chi connectivity index (χ3v) is 3.82. The Morgan fingerprint density at radius 1 is 1.23 bits per heavy atom. The first-order chi connectivity index (χ1) is 10.3. The Morgan fingerprint density at radius 3 is 2.55 bits per heavy atom. The number of amides is 2. The predicted octanol–water partition coefficient (Wildman–Crippen LogP) is 2.81. The van der Waals surface area contributed by atoms with Crippen molar-refractivity contribution in [2.24, 2.45) is 0 Å². The predicted molar refractivity (Wildman–Crippen MR) is 75.1 cm³/mol. The fraction of sp³-hybridized carbons (Fsp3) is 0.533. The fourth-order valence-corrected chi connectivity index (χ4v) is 2.56. The van der Waals surface area contributed by atoms with Crippen LogP contribution in [0.5, 0.6) is 0 Å². The van der Waals surface area contributed by atoms with E-state index in [1.54, 1.807) is 0 Å². The molecule has 0 spiro atoms. The van der Waals surface area contributed by atoms with Gasteiger partial charge in [0, 0.05) is 13.1 Å². The number of benzene rings is 1. The minimum absolute atomic E-state index is 0.00577. The van der Waals surface area contributed by atoms with Crippen molar-refractivity contribution < 1.29 is 23.1 Å². The summed E-state index contributed by atoms with van der Waals surface area (Å²) in [7, 11) is 0. The second-order valence-corrected chi connectivity index (χ2v) is 5.67. The van der Waals surface area contributed by atoms with E-state index < -0.39 is 23.4 Å².